The molecule has 1 heterocycles. The molecule has 4 heteroatoms. The van der Waals surface area contributed by atoms with Crippen molar-refractivity contribution in [2.24, 2.45) is 5.41 Å². The Hall–Kier alpha value is -1.39. The van der Waals surface area contributed by atoms with Gasteiger partial charge in [-0.3, -0.25) is 4.79 Å². The number of rotatable bonds is 5. The molecule has 1 aromatic rings. The van der Waals surface area contributed by atoms with Crippen molar-refractivity contribution in [3.63, 3.8) is 0 Å². The molecule has 0 spiro atoms. The molecule has 0 aromatic heterocycles. The van der Waals surface area contributed by atoms with Crippen LogP contribution in [0, 0.1) is 5.41 Å². The molecule has 2 unspecified atom stereocenters. The highest BCUT2D eigenvalue weighted by atomic mass is 16.3. The second-order valence-electron chi connectivity index (χ2n) is 6.56. The minimum Gasteiger partial charge on any atom is -0.394 e. The van der Waals surface area contributed by atoms with Gasteiger partial charge in [0, 0.05) is 0 Å². The molecule has 116 valence electrons. The first-order valence-corrected chi connectivity index (χ1v) is 7.71. The van der Waals surface area contributed by atoms with Gasteiger partial charge in [0.25, 0.3) is 0 Å². The summed E-state index contributed by atoms with van der Waals surface area (Å²) in [6, 6.07) is 9.50. The van der Waals surface area contributed by atoms with Crippen molar-refractivity contribution >= 4 is 5.91 Å². The summed E-state index contributed by atoms with van der Waals surface area (Å²) >= 11 is 0. The van der Waals surface area contributed by atoms with Crippen LogP contribution in [-0.4, -0.2) is 36.2 Å². The van der Waals surface area contributed by atoms with Crippen molar-refractivity contribution in [2.45, 2.75) is 45.2 Å². The summed E-state index contributed by atoms with van der Waals surface area (Å²) < 4.78 is 0. The van der Waals surface area contributed by atoms with Gasteiger partial charge in [0.2, 0.25) is 5.91 Å². The Bertz CT molecular complexity index is 459. The third kappa shape index (κ3) is 4.29. The van der Waals surface area contributed by atoms with Crippen LogP contribution in [0.1, 0.15) is 32.3 Å². The number of aliphatic hydroxyl groups is 1. The van der Waals surface area contributed by atoms with Crippen LogP contribution in [0.15, 0.2) is 30.3 Å². The van der Waals surface area contributed by atoms with Gasteiger partial charge in [-0.25, -0.2) is 0 Å². The molecule has 1 aliphatic rings. The van der Waals surface area contributed by atoms with Crippen molar-refractivity contribution in [2.75, 3.05) is 13.2 Å². The maximum Gasteiger partial charge on any atom is 0.237 e. The molecule has 1 fully saturated rings. The normalized spacial score (nSPS) is 22.5. The van der Waals surface area contributed by atoms with E-state index < -0.39 is 0 Å². The smallest absolute Gasteiger partial charge is 0.237 e. The predicted molar refractivity (Wildman–Crippen MR) is 84.0 cm³/mol. The SMILES string of the molecule is CC1(C)CCCNC1C(=O)NC(CO)Cc1ccccc1. The van der Waals surface area contributed by atoms with E-state index in [2.05, 4.69) is 24.5 Å². The van der Waals surface area contributed by atoms with E-state index in [0.29, 0.717) is 6.42 Å². The van der Waals surface area contributed by atoms with Gasteiger partial charge in [-0.05, 0) is 36.8 Å². The number of benzene rings is 1. The Kier molecular flexibility index (Phi) is 5.37. The van der Waals surface area contributed by atoms with Crippen LogP contribution < -0.4 is 10.6 Å². The number of piperidine rings is 1. The van der Waals surface area contributed by atoms with E-state index in [4.69, 9.17) is 0 Å². The zero-order chi connectivity index (χ0) is 15.3. The molecule has 2 rings (SSSR count). The van der Waals surface area contributed by atoms with Gasteiger partial charge in [-0.15, -0.1) is 0 Å². The molecule has 2 atom stereocenters. The van der Waals surface area contributed by atoms with Gasteiger partial charge in [0.05, 0.1) is 18.7 Å². The van der Waals surface area contributed by atoms with E-state index >= 15 is 0 Å². The number of carbonyl (C=O) groups excluding carboxylic acids is 1. The van der Waals surface area contributed by atoms with Gasteiger partial charge >= 0.3 is 0 Å². The first-order valence-electron chi connectivity index (χ1n) is 7.71. The lowest BCUT2D eigenvalue weighted by Gasteiger charge is -2.38. The lowest BCUT2D eigenvalue weighted by molar-refractivity contribution is -0.127. The third-order valence-electron chi connectivity index (χ3n) is 4.28. The lowest BCUT2D eigenvalue weighted by Crippen LogP contribution is -2.57. The monoisotopic (exact) mass is 290 g/mol. The first kappa shape index (κ1) is 16.0. The van der Waals surface area contributed by atoms with Gasteiger partial charge in [0.1, 0.15) is 0 Å². The van der Waals surface area contributed by atoms with Crippen LogP contribution in [0.3, 0.4) is 0 Å². The van der Waals surface area contributed by atoms with Crippen LogP contribution in [0.5, 0.6) is 0 Å². The number of amides is 1. The van der Waals surface area contributed by atoms with Gasteiger partial charge in [-0.1, -0.05) is 44.2 Å². The molecule has 0 aliphatic carbocycles. The van der Waals surface area contributed by atoms with E-state index in [9.17, 15) is 9.90 Å². The van der Waals surface area contributed by atoms with Crippen molar-refractivity contribution < 1.29 is 9.90 Å². The molecule has 3 N–H and O–H groups in total. The molecule has 21 heavy (non-hydrogen) atoms. The number of hydrogen-bond acceptors (Lipinski definition) is 3. The van der Waals surface area contributed by atoms with E-state index in [0.717, 1.165) is 24.9 Å². The Labute approximate surface area is 126 Å². The maximum absolute atomic E-state index is 12.5. The summed E-state index contributed by atoms with van der Waals surface area (Å²) in [5.74, 6) is -0.00492. The van der Waals surface area contributed by atoms with Gasteiger partial charge < -0.3 is 15.7 Å². The molecule has 1 saturated heterocycles. The quantitative estimate of drug-likeness (QED) is 0.770. The molecular weight excluding hydrogens is 264 g/mol. The second kappa shape index (κ2) is 7.05. The second-order valence-corrected chi connectivity index (χ2v) is 6.56. The Morgan fingerprint density at radius 2 is 2.14 bits per heavy atom. The molecule has 0 radical (unpaired) electrons. The molecule has 1 aromatic carbocycles. The third-order valence-corrected chi connectivity index (χ3v) is 4.28. The fraction of sp³-hybridized carbons (Fsp3) is 0.588. The fourth-order valence-electron chi connectivity index (χ4n) is 3.00. The van der Waals surface area contributed by atoms with Gasteiger partial charge in [-0.2, -0.15) is 0 Å². The maximum atomic E-state index is 12.5. The van der Waals surface area contributed by atoms with E-state index in [-0.39, 0.29) is 30.0 Å². The Morgan fingerprint density at radius 1 is 1.43 bits per heavy atom. The largest absolute Gasteiger partial charge is 0.394 e. The predicted octanol–water partition coefficient (Wildman–Crippen LogP) is 1.48. The standard InChI is InChI=1S/C17H26N2O2/c1-17(2)9-6-10-18-15(17)16(21)19-14(12-20)11-13-7-4-3-5-8-13/h3-5,7-8,14-15,18,20H,6,9-12H2,1-2H3,(H,19,21). The molecule has 4 nitrogen and oxygen atoms in total. The summed E-state index contributed by atoms with van der Waals surface area (Å²) in [5.41, 5.74) is 1.07. The summed E-state index contributed by atoms with van der Waals surface area (Å²) in [7, 11) is 0. The van der Waals surface area contributed by atoms with Crippen LogP contribution in [0.25, 0.3) is 0 Å². The molecule has 0 saturated carbocycles. The molecule has 0 bridgehead atoms. The van der Waals surface area contributed by atoms with E-state index in [1.165, 1.54) is 0 Å². The van der Waals surface area contributed by atoms with Crippen molar-refractivity contribution in [1.29, 1.82) is 0 Å². The number of hydrogen-bond donors (Lipinski definition) is 3. The fourth-order valence-corrected chi connectivity index (χ4v) is 3.00. The van der Waals surface area contributed by atoms with Crippen LogP contribution in [0.2, 0.25) is 0 Å². The van der Waals surface area contributed by atoms with Crippen LogP contribution in [0.4, 0.5) is 0 Å². The topological polar surface area (TPSA) is 61.4 Å². The first-order chi connectivity index (χ1) is 10.0. The Balaban J connectivity index is 1.96. The lowest BCUT2D eigenvalue weighted by atomic mass is 9.77. The Morgan fingerprint density at radius 3 is 2.76 bits per heavy atom. The van der Waals surface area contributed by atoms with Gasteiger partial charge in [0.15, 0.2) is 0 Å². The zero-order valence-corrected chi connectivity index (χ0v) is 12.9. The van der Waals surface area contributed by atoms with E-state index in [1.54, 1.807) is 0 Å². The van der Waals surface area contributed by atoms with E-state index in [1.807, 2.05) is 30.3 Å². The number of aliphatic hydroxyl groups excluding tert-OH is 1. The highest BCUT2D eigenvalue weighted by molar-refractivity contribution is 5.83. The highest BCUT2D eigenvalue weighted by Gasteiger charge is 2.37. The molecule has 1 amide bonds. The minimum absolute atomic E-state index is 0.00492. The number of nitrogens with one attached hydrogen (secondary N) is 2. The van der Waals surface area contributed by atoms with Crippen LogP contribution >= 0.6 is 0 Å². The summed E-state index contributed by atoms with van der Waals surface area (Å²) in [4.78, 5) is 12.5. The molecule has 1 aliphatic heterocycles. The average Bonchev–Trinajstić information content (AvgIpc) is 2.47. The van der Waals surface area contributed by atoms with Crippen molar-refractivity contribution in [1.82, 2.24) is 10.6 Å². The number of carbonyl (C=O) groups is 1. The summed E-state index contributed by atoms with van der Waals surface area (Å²) in [6.07, 6.45) is 2.79. The summed E-state index contributed by atoms with van der Waals surface area (Å²) in [5, 5.41) is 15.8. The summed E-state index contributed by atoms with van der Waals surface area (Å²) in [6.45, 7) is 5.07. The van der Waals surface area contributed by atoms with Crippen molar-refractivity contribution in [3.8, 4) is 0 Å². The highest BCUT2D eigenvalue weighted by Crippen LogP contribution is 2.30. The molecular formula is C17H26N2O2. The average molecular weight is 290 g/mol. The minimum atomic E-state index is -0.237. The van der Waals surface area contributed by atoms with Crippen LogP contribution in [-0.2, 0) is 11.2 Å². The van der Waals surface area contributed by atoms with Crippen molar-refractivity contribution in [3.05, 3.63) is 35.9 Å². The zero-order valence-electron chi connectivity index (χ0n) is 12.9.